The van der Waals surface area contributed by atoms with E-state index in [1.807, 2.05) is 0 Å². The van der Waals surface area contributed by atoms with E-state index >= 15 is 0 Å². The van der Waals surface area contributed by atoms with Crippen LogP contribution >= 0.6 is 0 Å². The molecule has 0 saturated carbocycles. The second-order valence-corrected chi connectivity index (χ2v) is 6.51. The van der Waals surface area contributed by atoms with Crippen molar-refractivity contribution in [3.8, 4) is 0 Å². The van der Waals surface area contributed by atoms with Crippen molar-refractivity contribution in [2.75, 3.05) is 13.2 Å². The van der Waals surface area contributed by atoms with Gasteiger partial charge in [0.2, 0.25) is 0 Å². The smallest absolute Gasteiger partial charge is 0.187 e. The monoisotopic (exact) mass is 402 g/mol. The minimum atomic E-state index is -1.93. The van der Waals surface area contributed by atoms with Crippen LogP contribution < -0.4 is 0 Å². The van der Waals surface area contributed by atoms with Crippen LogP contribution in [0.2, 0.25) is 0 Å². The van der Waals surface area contributed by atoms with Gasteiger partial charge in [0, 0.05) is 0 Å². The van der Waals surface area contributed by atoms with Crippen molar-refractivity contribution in [1.29, 1.82) is 0 Å². The van der Waals surface area contributed by atoms with Crippen LogP contribution in [0.5, 0.6) is 0 Å². The SMILES string of the molecule is OC[C@@H](O)[C@H]1O[C@H](O[C@H]2[C@@H](O)[C@H](O)[C@@H]([C@H](O)CO)O[C@@H]2O)[C@@H](O)[C@@H](O)[C@@H]1O. The Morgan fingerprint density at radius 3 is 1.67 bits per heavy atom. The lowest BCUT2D eigenvalue weighted by molar-refractivity contribution is -0.369. The summed E-state index contributed by atoms with van der Waals surface area (Å²) < 4.78 is 15.2. The molecule has 2 heterocycles. The topological polar surface area (TPSA) is 230 Å². The second-order valence-electron chi connectivity index (χ2n) is 6.51. The average molecular weight is 402 g/mol. The molecule has 2 aliphatic rings. The van der Waals surface area contributed by atoms with E-state index in [2.05, 4.69) is 0 Å². The molecule has 27 heavy (non-hydrogen) atoms. The highest BCUT2D eigenvalue weighted by molar-refractivity contribution is 4.96. The summed E-state index contributed by atoms with van der Waals surface area (Å²) in [4.78, 5) is 0. The summed E-state index contributed by atoms with van der Waals surface area (Å²) in [7, 11) is 0. The third-order valence-electron chi connectivity index (χ3n) is 4.63. The first-order chi connectivity index (χ1) is 12.6. The number of hydrogen-bond donors (Lipinski definition) is 10. The van der Waals surface area contributed by atoms with Crippen molar-refractivity contribution >= 4 is 0 Å². The molecular formula is C14H26O13. The zero-order valence-corrected chi connectivity index (χ0v) is 14.0. The third kappa shape index (κ3) is 4.56. The average Bonchev–Trinajstić information content (AvgIpc) is 2.66. The zero-order valence-electron chi connectivity index (χ0n) is 14.0. The third-order valence-corrected chi connectivity index (χ3v) is 4.63. The molecule has 2 fully saturated rings. The van der Waals surface area contributed by atoms with Gasteiger partial charge in [0.05, 0.1) is 13.2 Å². The Bertz CT molecular complexity index is 466. The molecule has 0 radical (unpaired) electrons. The Balaban J connectivity index is 2.12. The van der Waals surface area contributed by atoms with Gasteiger partial charge in [0.15, 0.2) is 12.6 Å². The van der Waals surface area contributed by atoms with Crippen molar-refractivity contribution in [2.24, 2.45) is 0 Å². The first-order valence-corrected chi connectivity index (χ1v) is 8.26. The molecule has 160 valence electrons. The maximum absolute atomic E-state index is 10.1. The van der Waals surface area contributed by atoms with Gasteiger partial charge in [-0.3, -0.25) is 0 Å². The van der Waals surface area contributed by atoms with Gasteiger partial charge in [0.1, 0.15) is 61.0 Å². The fourth-order valence-electron chi connectivity index (χ4n) is 3.01. The van der Waals surface area contributed by atoms with Crippen LogP contribution in [0.1, 0.15) is 0 Å². The van der Waals surface area contributed by atoms with E-state index < -0.39 is 86.8 Å². The number of aliphatic hydroxyl groups excluding tert-OH is 10. The molecular weight excluding hydrogens is 376 g/mol. The molecule has 0 bridgehead atoms. The van der Waals surface area contributed by atoms with Crippen LogP contribution in [0.4, 0.5) is 0 Å². The van der Waals surface area contributed by atoms with E-state index in [0.717, 1.165) is 0 Å². The highest BCUT2D eigenvalue weighted by Gasteiger charge is 2.52. The summed E-state index contributed by atoms with van der Waals surface area (Å²) in [6, 6.07) is 0. The first-order valence-electron chi connectivity index (χ1n) is 8.26. The minimum absolute atomic E-state index is 0.818. The predicted octanol–water partition coefficient (Wildman–Crippen LogP) is -6.68. The van der Waals surface area contributed by atoms with Crippen molar-refractivity contribution in [3.05, 3.63) is 0 Å². The fourth-order valence-corrected chi connectivity index (χ4v) is 3.01. The molecule has 2 saturated heterocycles. The summed E-state index contributed by atoms with van der Waals surface area (Å²) in [6.45, 7) is -1.66. The summed E-state index contributed by atoms with van der Waals surface area (Å²) >= 11 is 0. The van der Waals surface area contributed by atoms with Gasteiger partial charge < -0.3 is 65.3 Å². The first kappa shape index (κ1) is 22.8. The Hall–Kier alpha value is -0.520. The largest absolute Gasteiger partial charge is 0.394 e. The molecule has 0 amide bonds. The zero-order chi connectivity index (χ0) is 20.5. The lowest BCUT2D eigenvalue weighted by Gasteiger charge is -2.46. The van der Waals surface area contributed by atoms with E-state index in [1.54, 1.807) is 0 Å². The summed E-state index contributed by atoms with van der Waals surface area (Å²) in [6.07, 6.45) is -21.0. The fraction of sp³-hybridized carbons (Fsp3) is 1.00. The summed E-state index contributed by atoms with van der Waals surface area (Å²) in [5.74, 6) is 0. The van der Waals surface area contributed by atoms with Crippen molar-refractivity contribution < 1.29 is 65.3 Å². The maximum atomic E-state index is 10.1. The molecule has 0 aromatic rings. The normalized spacial score (nSPS) is 48.2. The molecule has 12 atom stereocenters. The van der Waals surface area contributed by atoms with Gasteiger partial charge in [-0.25, -0.2) is 0 Å². The van der Waals surface area contributed by atoms with Crippen LogP contribution in [-0.4, -0.2) is 138 Å². The molecule has 0 aliphatic carbocycles. The van der Waals surface area contributed by atoms with Crippen LogP contribution in [0.3, 0.4) is 0 Å². The Kier molecular flexibility index (Phi) is 7.86. The molecule has 0 unspecified atom stereocenters. The number of ether oxygens (including phenoxy) is 3. The van der Waals surface area contributed by atoms with E-state index in [-0.39, 0.29) is 0 Å². The van der Waals surface area contributed by atoms with Crippen molar-refractivity contribution in [1.82, 2.24) is 0 Å². The quantitative estimate of drug-likeness (QED) is 0.199. The molecule has 2 aliphatic heterocycles. The van der Waals surface area contributed by atoms with Crippen LogP contribution in [0.15, 0.2) is 0 Å². The standard InChI is InChI=1S/C14H26O13/c15-1-3(17)10-7(21)8(22)12(13(24)25-10)27-14-9(23)5(19)6(20)11(26-14)4(18)2-16/h3-24H,1-2H2/t3-,4-,5+,6+,7+,8+,9+,10-,11-,12+,13+,14-/m1/s1. The molecule has 2 rings (SSSR count). The minimum Gasteiger partial charge on any atom is -0.394 e. The summed E-state index contributed by atoms with van der Waals surface area (Å²) in [5.41, 5.74) is 0. The lowest BCUT2D eigenvalue weighted by atomic mass is 9.94. The molecule has 10 N–H and O–H groups in total. The lowest BCUT2D eigenvalue weighted by Crippen LogP contribution is -2.66. The van der Waals surface area contributed by atoms with Crippen LogP contribution in [-0.2, 0) is 14.2 Å². The van der Waals surface area contributed by atoms with Crippen molar-refractivity contribution in [3.63, 3.8) is 0 Å². The number of aliphatic hydroxyl groups is 10. The molecule has 0 aromatic carbocycles. The van der Waals surface area contributed by atoms with Crippen molar-refractivity contribution in [2.45, 2.75) is 73.6 Å². The van der Waals surface area contributed by atoms with Gasteiger partial charge >= 0.3 is 0 Å². The van der Waals surface area contributed by atoms with E-state index in [0.29, 0.717) is 0 Å². The molecule has 13 heteroatoms. The summed E-state index contributed by atoms with van der Waals surface area (Å²) in [5, 5.41) is 96.9. The maximum Gasteiger partial charge on any atom is 0.187 e. The second kappa shape index (κ2) is 9.32. The van der Waals surface area contributed by atoms with Gasteiger partial charge in [0.25, 0.3) is 0 Å². The highest BCUT2D eigenvalue weighted by Crippen LogP contribution is 2.30. The predicted molar refractivity (Wildman–Crippen MR) is 80.6 cm³/mol. The Morgan fingerprint density at radius 2 is 1.15 bits per heavy atom. The van der Waals surface area contributed by atoms with E-state index in [1.165, 1.54) is 0 Å². The van der Waals surface area contributed by atoms with Gasteiger partial charge in [-0.05, 0) is 0 Å². The van der Waals surface area contributed by atoms with Crippen LogP contribution in [0.25, 0.3) is 0 Å². The van der Waals surface area contributed by atoms with Crippen LogP contribution in [0, 0.1) is 0 Å². The molecule has 13 nitrogen and oxygen atoms in total. The van der Waals surface area contributed by atoms with Gasteiger partial charge in [-0.2, -0.15) is 0 Å². The molecule has 0 aromatic heterocycles. The van der Waals surface area contributed by atoms with E-state index in [9.17, 15) is 40.9 Å². The highest BCUT2D eigenvalue weighted by atomic mass is 16.7. The van der Waals surface area contributed by atoms with Gasteiger partial charge in [-0.15, -0.1) is 0 Å². The number of hydrogen-bond acceptors (Lipinski definition) is 13. The van der Waals surface area contributed by atoms with Gasteiger partial charge in [-0.1, -0.05) is 0 Å². The van der Waals surface area contributed by atoms with E-state index in [4.69, 9.17) is 24.4 Å². The molecule has 0 spiro atoms. The Labute approximate surface area is 153 Å². The Morgan fingerprint density at radius 1 is 0.667 bits per heavy atom. The number of rotatable bonds is 6.